The van der Waals surface area contributed by atoms with Crippen molar-refractivity contribution < 1.29 is 0 Å². The van der Waals surface area contributed by atoms with Gasteiger partial charge < -0.3 is 5.32 Å². The number of aromatic nitrogens is 1. The Morgan fingerprint density at radius 1 is 1.50 bits per heavy atom. The Balaban J connectivity index is 2.05. The van der Waals surface area contributed by atoms with Crippen LogP contribution < -0.4 is 5.32 Å². The van der Waals surface area contributed by atoms with Gasteiger partial charge in [-0.15, -0.1) is 0 Å². The fourth-order valence-electron chi connectivity index (χ4n) is 1.35. The molecule has 2 aromatic heterocycles. The minimum atomic E-state index is 0.625. The molecule has 0 spiro atoms. The van der Waals surface area contributed by atoms with Crippen LogP contribution in [0.3, 0.4) is 0 Å². The van der Waals surface area contributed by atoms with Crippen LogP contribution in [0.15, 0.2) is 29.1 Å². The molecule has 0 saturated carbocycles. The van der Waals surface area contributed by atoms with Gasteiger partial charge in [0.15, 0.2) is 0 Å². The Morgan fingerprint density at radius 2 is 2.38 bits per heavy atom. The molecule has 0 unspecified atom stereocenters. The molecular formula is C12H11N3S. The Bertz CT molecular complexity index is 525. The zero-order valence-corrected chi connectivity index (χ0v) is 9.71. The predicted molar refractivity (Wildman–Crippen MR) is 65.3 cm³/mol. The molecule has 0 amide bonds. The van der Waals surface area contributed by atoms with E-state index in [-0.39, 0.29) is 0 Å². The first-order valence-corrected chi connectivity index (χ1v) is 5.85. The van der Waals surface area contributed by atoms with E-state index in [9.17, 15) is 0 Å². The van der Waals surface area contributed by atoms with Crippen molar-refractivity contribution in [2.24, 2.45) is 0 Å². The highest BCUT2D eigenvalue weighted by atomic mass is 32.1. The van der Waals surface area contributed by atoms with Gasteiger partial charge in [-0.3, -0.25) is 0 Å². The first kappa shape index (κ1) is 10.7. The largest absolute Gasteiger partial charge is 0.366 e. The van der Waals surface area contributed by atoms with Crippen molar-refractivity contribution in [3.05, 3.63) is 45.8 Å². The predicted octanol–water partition coefficient (Wildman–Crippen LogP) is 2.94. The lowest BCUT2D eigenvalue weighted by molar-refractivity contribution is 1.10. The van der Waals surface area contributed by atoms with Crippen molar-refractivity contribution in [1.29, 1.82) is 5.26 Å². The van der Waals surface area contributed by atoms with Crippen LogP contribution in [0.25, 0.3) is 0 Å². The van der Waals surface area contributed by atoms with Crippen LogP contribution in [0.1, 0.15) is 16.7 Å². The van der Waals surface area contributed by atoms with E-state index in [0.29, 0.717) is 5.56 Å². The number of nitrogens with zero attached hydrogens (tertiary/aromatic N) is 2. The number of aryl methyl sites for hydroxylation is 1. The van der Waals surface area contributed by atoms with E-state index in [2.05, 4.69) is 34.1 Å². The van der Waals surface area contributed by atoms with Crippen molar-refractivity contribution in [3.8, 4) is 6.07 Å². The van der Waals surface area contributed by atoms with Gasteiger partial charge in [-0.05, 0) is 40.9 Å². The van der Waals surface area contributed by atoms with Gasteiger partial charge in [0.2, 0.25) is 0 Å². The minimum Gasteiger partial charge on any atom is -0.366 e. The maximum Gasteiger partial charge on any atom is 0.127 e. The number of nitriles is 1. The second kappa shape index (κ2) is 4.77. The van der Waals surface area contributed by atoms with Crippen LogP contribution in [-0.4, -0.2) is 4.98 Å². The Labute approximate surface area is 98.4 Å². The molecule has 2 aromatic rings. The molecule has 2 heterocycles. The molecule has 0 fully saturated rings. The standard InChI is InChI=1S/C12H11N3S/c1-9-7-16-8-11(9)6-15-12-4-10(5-13)2-3-14-12/h2-4,7-8H,6H2,1H3,(H,14,15). The molecule has 0 aromatic carbocycles. The zero-order chi connectivity index (χ0) is 11.4. The van der Waals surface area contributed by atoms with Crippen LogP contribution in [0.4, 0.5) is 5.82 Å². The molecular weight excluding hydrogens is 218 g/mol. The molecule has 0 aliphatic heterocycles. The number of thiophene rings is 1. The van der Waals surface area contributed by atoms with Crippen molar-refractivity contribution in [3.63, 3.8) is 0 Å². The molecule has 80 valence electrons. The highest BCUT2D eigenvalue weighted by Gasteiger charge is 2.00. The summed E-state index contributed by atoms with van der Waals surface area (Å²) in [6.45, 7) is 2.84. The molecule has 0 saturated heterocycles. The lowest BCUT2D eigenvalue weighted by Gasteiger charge is -2.04. The number of pyridine rings is 1. The number of hydrogen-bond donors (Lipinski definition) is 1. The molecule has 3 nitrogen and oxygen atoms in total. The van der Waals surface area contributed by atoms with Gasteiger partial charge in [0, 0.05) is 12.7 Å². The summed E-state index contributed by atoms with van der Waals surface area (Å²) in [5.41, 5.74) is 3.18. The van der Waals surface area contributed by atoms with Gasteiger partial charge in [-0.2, -0.15) is 16.6 Å². The van der Waals surface area contributed by atoms with Crippen LogP contribution in [0.2, 0.25) is 0 Å². The second-order valence-corrected chi connectivity index (χ2v) is 4.22. The van der Waals surface area contributed by atoms with E-state index in [1.807, 2.05) is 0 Å². The molecule has 0 bridgehead atoms. The maximum absolute atomic E-state index is 8.75. The second-order valence-electron chi connectivity index (χ2n) is 3.48. The van der Waals surface area contributed by atoms with Crippen molar-refractivity contribution in [2.45, 2.75) is 13.5 Å². The smallest absolute Gasteiger partial charge is 0.127 e. The van der Waals surface area contributed by atoms with Crippen LogP contribution in [-0.2, 0) is 6.54 Å². The van der Waals surface area contributed by atoms with Gasteiger partial charge in [0.25, 0.3) is 0 Å². The van der Waals surface area contributed by atoms with Crippen LogP contribution in [0, 0.1) is 18.3 Å². The van der Waals surface area contributed by atoms with E-state index < -0.39 is 0 Å². The molecule has 0 aliphatic carbocycles. The number of rotatable bonds is 3. The average molecular weight is 229 g/mol. The van der Waals surface area contributed by atoms with Crippen LogP contribution >= 0.6 is 11.3 Å². The highest BCUT2D eigenvalue weighted by Crippen LogP contribution is 2.15. The fraction of sp³-hybridized carbons (Fsp3) is 0.167. The summed E-state index contributed by atoms with van der Waals surface area (Å²) in [4.78, 5) is 4.16. The minimum absolute atomic E-state index is 0.625. The third-order valence-corrected chi connectivity index (χ3v) is 3.22. The number of nitrogens with one attached hydrogen (secondary N) is 1. The lowest BCUT2D eigenvalue weighted by Crippen LogP contribution is -2.01. The fourth-order valence-corrected chi connectivity index (χ4v) is 2.21. The number of hydrogen-bond acceptors (Lipinski definition) is 4. The normalized spacial score (nSPS) is 9.75. The van der Waals surface area contributed by atoms with Crippen molar-refractivity contribution in [1.82, 2.24) is 4.98 Å². The topological polar surface area (TPSA) is 48.7 Å². The van der Waals surface area contributed by atoms with E-state index >= 15 is 0 Å². The summed E-state index contributed by atoms with van der Waals surface area (Å²) in [6.07, 6.45) is 1.64. The van der Waals surface area contributed by atoms with E-state index in [1.165, 1.54) is 11.1 Å². The molecule has 0 radical (unpaired) electrons. The van der Waals surface area contributed by atoms with Gasteiger partial charge in [0.05, 0.1) is 11.6 Å². The quantitative estimate of drug-likeness (QED) is 0.880. The summed E-state index contributed by atoms with van der Waals surface area (Å²) in [5, 5.41) is 16.2. The zero-order valence-electron chi connectivity index (χ0n) is 8.90. The van der Waals surface area contributed by atoms with Crippen LogP contribution in [0.5, 0.6) is 0 Å². The Kier molecular flexibility index (Phi) is 3.18. The summed E-state index contributed by atoms with van der Waals surface area (Å²) in [6, 6.07) is 5.54. The van der Waals surface area contributed by atoms with E-state index in [1.54, 1.807) is 29.7 Å². The average Bonchev–Trinajstić information content (AvgIpc) is 2.72. The lowest BCUT2D eigenvalue weighted by atomic mass is 10.2. The molecule has 0 atom stereocenters. The summed E-state index contributed by atoms with van der Waals surface area (Å²) in [5.74, 6) is 0.740. The highest BCUT2D eigenvalue weighted by molar-refractivity contribution is 7.08. The van der Waals surface area contributed by atoms with Crippen molar-refractivity contribution in [2.75, 3.05) is 5.32 Å². The van der Waals surface area contributed by atoms with Gasteiger partial charge >= 0.3 is 0 Å². The monoisotopic (exact) mass is 229 g/mol. The van der Waals surface area contributed by atoms with Crippen molar-refractivity contribution >= 4 is 17.2 Å². The third-order valence-electron chi connectivity index (χ3n) is 2.31. The summed E-state index contributed by atoms with van der Waals surface area (Å²) >= 11 is 1.70. The molecule has 16 heavy (non-hydrogen) atoms. The molecule has 4 heteroatoms. The van der Waals surface area contributed by atoms with Gasteiger partial charge in [-0.25, -0.2) is 4.98 Å². The molecule has 2 rings (SSSR count). The molecule has 0 aliphatic rings. The van der Waals surface area contributed by atoms with E-state index in [0.717, 1.165) is 12.4 Å². The first-order valence-electron chi connectivity index (χ1n) is 4.91. The SMILES string of the molecule is Cc1cscc1CNc1cc(C#N)ccn1. The van der Waals surface area contributed by atoms with Gasteiger partial charge in [0.1, 0.15) is 5.82 Å². The molecule has 1 N–H and O–H groups in total. The third kappa shape index (κ3) is 2.38. The van der Waals surface area contributed by atoms with E-state index in [4.69, 9.17) is 5.26 Å². The first-order chi connectivity index (χ1) is 7.79. The van der Waals surface area contributed by atoms with Gasteiger partial charge in [-0.1, -0.05) is 0 Å². The Morgan fingerprint density at radius 3 is 3.06 bits per heavy atom. The summed E-state index contributed by atoms with van der Waals surface area (Å²) < 4.78 is 0. The maximum atomic E-state index is 8.75. The summed E-state index contributed by atoms with van der Waals surface area (Å²) in [7, 11) is 0. The number of anilines is 1. The Hall–Kier alpha value is -1.86.